The van der Waals surface area contributed by atoms with E-state index in [2.05, 4.69) is 15.0 Å². The van der Waals surface area contributed by atoms with Gasteiger partial charge in [-0.15, -0.1) is 0 Å². The van der Waals surface area contributed by atoms with Crippen LogP contribution in [-0.4, -0.2) is 25.6 Å². The second kappa shape index (κ2) is 6.21. The molecule has 0 fully saturated rings. The molecule has 130 valence electrons. The van der Waals surface area contributed by atoms with Gasteiger partial charge in [0.15, 0.2) is 0 Å². The van der Waals surface area contributed by atoms with Crippen LogP contribution in [0.15, 0.2) is 42.5 Å². The summed E-state index contributed by atoms with van der Waals surface area (Å²) in [5.74, 6) is -1.10. The van der Waals surface area contributed by atoms with Crippen molar-refractivity contribution in [2.45, 2.75) is 6.92 Å². The number of H-pyrrole nitrogens is 1. The summed E-state index contributed by atoms with van der Waals surface area (Å²) in [6.07, 6.45) is 0.924. The minimum atomic E-state index is -3.63. The topological polar surface area (TPSA) is 91.1 Å². The van der Waals surface area contributed by atoms with E-state index in [9.17, 15) is 17.6 Å². The first kappa shape index (κ1) is 17.0. The molecule has 2 aromatic carbocycles. The number of aromatic amines is 1. The number of carbonyl (C=O) groups excluding carboxylic acids is 1. The molecular formula is C17H16FN3O3S. The largest absolute Gasteiger partial charge is 0.358 e. The molecule has 1 aromatic heterocycles. The van der Waals surface area contributed by atoms with Crippen LogP contribution in [0, 0.1) is 12.7 Å². The Kier molecular flexibility index (Phi) is 4.22. The van der Waals surface area contributed by atoms with Crippen LogP contribution >= 0.6 is 0 Å². The first-order chi connectivity index (χ1) is 11.7. The normalized spacial score (nSPS) is 11.5. The van der Waals surface area contributed by atoms with Crippen molar-refractivity contribution in [3.63, 3.8) is 0 Å². The molecule has 0 bridgehead atoms. The minimum Gasteiger partial charge on any atom is -0.358 e. The first-order valence-electron chi connectivity index (χ1n) is 7.40. The number of nitrogens with one attached hydrogen (secondary N) is 3. The molecule has 3 rings (SSSR count). The molecule has 1 heterocycles. The molecule has 0 unspecified atom stereocenters. The van der Waals surface area contributed by atoms with Crippen LogP contribution in [-0.2, 0) is 10.0 Å². The maximum Gasteiger partial charge on any atom is 0.258 e. The SMILES string of the molecule is Cc1[nH]c2ccccc2c1C(=O)Nc1ccc(F)c(NS(C)(=O)=O)c1. The van der Waals surface area contributed by atoms with Crippen molar-refractivity contribution in [3.8, 4) is 0 Å². The van der Waals surface area contributed by atoms with E-state index in [1.54, 1.807) is 6.92 Å². The van der Waals surface area contributed by atoms with Gasteiger partial charge in [-0.1, -0.05) is 18.2 Å². The monoisotopic (exact) mass is 361 g/mol. The van der Waals surface area contributed by atoms with E-state index in [-0.39, 0.29) is 17.3 Å². The summed E-state index contributed by atoms with van der Waals surface area (Å²) < 4.78 is 38.4. The Morgan fingerprint density at radius 3 is 2.60 bits per heavy atom. The lowest BCUT2D eigenvalue weighted by Gasteiger charge is -2.10. The third kappa shape index (κ3) is 3.63. The van der Waals surface area contributed by atoms with Gasteiger partial charge in [0.1, 0.15) is 5.82 Å². The molecule has 0 aliphatic heterocycles. The van der Waals surface area contributed by atoms with Gasteiger partial charge in [-0.25, -0.2) is 12.8 Å². The number of benzene rings is 2. The minimum absolute atomic E-state index is 0.226. The standard InChI is InChI=1S/C17H16FN3O3S/c1-10-16(12-5-3-4-6-14(12)19-10)17(22)20-11-7-8-13(18)15(9-11)21-25(2,23)24/h3-9,19,21H,1-2H3,(H,20,22). The van der Waals surface area contributed by atoms with E-state index in [1.807, 2.05) is 24.3 Å². The number of rotatable bonds is 4. The quantitative estimate of drug-likeness (QED) is 0.666. The summed E-state index contributed by atoms with van der Waals surface area (Å²) in [4.78, 5) is 15.8. The highest BCUT2D eigenvalue weighted by Crippen LogP contribution is 2.25. The number of fused-ring (bicyclic) bond motifs is 1. The number of carbonyl (C=O) groups is 1. The van der Waals surface area contributed by atoms with Crippen LogP contribution < -0.4 is 10.0 Å². The smallest absolute Gasteiger partial charge is 0.258 e. The summed E-state index contributed by atoms with van der Waals surface area (Å²) in [6.45, 7) is 1.79. The van der Waals surface area contributed by atoms with Crippen LogP contribution in [0.3, 0.4) is 0 Å². The third-order valence-electron chi connectivity index (χ3n) is 3.64. The summed E-state index contributed by atoms with van der Waals surface area (Å²) >= 11 is 0. The van der Waals surface area contributed by atoms with Gasteiger partial charge in [-0.05, 0) is 31.2 Å². The zero-order valence-corrected chi connectivity index (χ0v) is 14.4. The zero-order valence-electron chi connectivity index (χ0n) is 13.6. The van der Waals surface area contributed by atoms with Gasteiger partial charge in [0.2, 0.25) is 10.0 Å². The van der Waals surface area contributed by atoms with Crippen molar-refractivity contribution in [2.24, 2.45) is 0 Å². The van der Waals surface area contributed by atoms with Gasteiger partial charge in [-0.3, -0.25) is 9.52 Å². The zero-order chi connectivity index (χ0) is 18.2. The lowest BCUT2D eigenvalue weighted by Crippen LogP contribution is -2.14. The van der Waals surface area contributed by atoms with Crippen molar-refractivity contribution >= 4 is 38.2 Å². The van der Waals surface area contributed by atoms with E-state index in [0.717, 1.165) is 23.2 Å². The van der Waals surface area contributed by atoms with E-state index in [1.165, 1.54) is 12.1 Å². The third-order valence-corrected chi connectivity index (χ3v) is 4.23. The van der Waals surface area contributed by atoms with Crippen LogP contribution in [0.5, 0.6) is 0 Å². The molecular weight excluding hydrogens is 345 g/mol. The summed E-state index contributed by atoms with van der Waals surface area (Å²) in [5.41, 5.74) is 2.08. The summed E-state index contributed by atoms with van der Waals surface area (Å²) in [5, 5.41) is 3.44. The second-order valence-electron chi connectivity index (χ2n) is 5.69. The average molecular weight is 361 g/mol. The number of anilines is 2. The van der Waals surface area contributed by atoms with E-state index >= 15 is 0 Å². The van der Waals surface area contributed by atoms with Crippen molar-refractivity contribution in [3.05, 3.63) is 59.5 Å². The fraction of sp³-hybridized carbons (Fsp3) is 0.118. The van der Waals surface area contributed by atoms with Crippen molar-refractivity contribution < 1.29 is 17.6 Å². The summed E-state index contributed by atoms with van der Waals surface area (Å²) in [6, 6.07) is 11.1. The molecule has 1 amide bonds. The number of aromatic nitrogens is 1. The van der Waals surface area contributed by atoms with Crippen LogP contribution in [0.4, 0.5) is 15.8 Å². The second-order valence-corrected chi connectivity index (χ2v) is 7.44. The lowest BCUT2D eigenvalue weighted by molar-refractivity contribution is 0.102. The van der Waals surface area contributed by atoms with E-state index in [0.29, 0.717) is 11.3 Å². The van der Waals surface area contributed by atoms with Crippen LogP contribution in [0.1, 0.15) is 16.1 Å². The average Bonchev–Trinajstić information content (AvgIpc) is 2.85. The molecule has 0 aliphatic rings. The molecule has 0 spiro atoms. The van der Waals surface area contributed by atoms with Gasteiger partial charge in [-0.2, -0.15) is 0 Å². The highest BCUT2D eigenvalue weighted by molar-refractivity contribution is 7.92. The molecule has 3 N–H and O–H groups in total. The Bertz CT molecular complexity index is 1070. The van der Waals surface area contributed by atoms with Crippen LogP contribution in [0.25, 0.3) is 10.9 Å². The van der Waals surface area contributed by atoms with Crippen LogP contribution in [0.2, 0.25) is 0 Å². The molecule has 0 aliphatic carbocycles. The number of hydrogen-bond acceptors (Lipinski definition) is 3. The van der Waals surface area contributed by atoms with Crippen molar-refractivity contribution in [1.29, 1.82) is 0 Å². The Labute approximate surface area is 144 Å². The van der Waals surface area contributed by atoms with Gasteiger partial charge < -0.3 is 10.3 Å². The Morgan fingerprint density at radius 2 is 1.88 bits per heavy atom. The number of para-hydroxylation sites is 1. The number of hydrogen-bond donors (Lipinski definition) is 3. The van der Waals surface area contributed by atoms with Crippen molar-refractivity contribution in [2.75, 3.05) is 16.3 Å². The maximum atomic E-state index is 13.7. The Hall–Kier alpha value is -2.87. The predicted molar refractivity (Wildman–Crippen MR) is 95.9 cm³/mol. The summed E-state index contributed by atoms with van der Waals surface area (Å²) in [7, 11) is -3.63. The Morgan fingerprint density at radius 1 is 1.16 bits per heavy atom. The number of sulfonamides is 1. The number of aryl methyl sites for hydroxylation is 1. The number of amides is 1. The van der Waals surface area contributed by atoms with Gasteiger partial charge in [0.05, 0.1) is 17.5 Å². The number of halogens is 1. The van der Waals surface area contributed by atoms with E-state index < -0.39 is 15.8 Å². The molecule has 6 nitrogen and oxygen atoms in total. The van der Waals surface area contributed by atoms with Gasteiger partial charge in [0.25, 0.3) is 5.91 Å². The first-order valence-corrected chi connectivity index (χ1v) is 9.30. The molecule has 8 heteroatoms. The highest BCUT2D eigenvalue weighted by Gasteiger charge is 2.17. The maximum absolute atomic E-state index is 13.7. The highest BCUT2D eigenvalue weighted by atomic mass is 32.2. The lowest BCUT2D eigenvalue weighted by atomic mass is 10.1. The Balaban J connectivity index is 1.93. The fourth-order valence-corrected chi connectivity index (χ4v) is 3.20. The molecule has 25 heavy (non-hydrogen) atoms. The molecule has 3 aromatic rings. The van der Waals surface area contributed by atoms with Gasteiger partial charge >= 0.3 is 0 Å². The van der Waals surface area contributed by atoms with Gasteiger partial charge in [0, 0.05) is 22.3 Å². The fourth-order valence-electron chi connectivity index (χ4n) is 2.64. The molecule has 0 saturated heterocycles. The molecule has 0 radical (unpaired) electrons. The predicted octanol–water partition coefficient (Wildman–Crippen LogP) is 3.24. The van der Waals surface area contributed by atoms with Crippen molar-refractivity contribution in [1.82, 2.24) is 4.98 Å². The molecule has 0 atom stereocenters. The molecule has 0 saturated carbocycles. The van der Waals surface area contributed by atoms with E-state index in [4.69, 9.17) is 0 Å².